The second-order valence-corrected chi connectivity index (χ2v) is 8.66. The molecule has 1 aliphatic rings. The summed E-state index contributed by atoms with van der Waals surface area (Å²) >= 11 is 0. The van der Waals surface area contributed by atoms with Gasteiger partial charge in [-0.05, 0) is 29.8 Å². The predicted octanol–water partition coefficient (Wildman–Crippen LogP) is 3.67. The topological polar surface area (TPSA) is 164 Å². The SMILES string of the molecule is O=C1NC(F)(F)c2nc(Nc3ncc(-c4nc(-c5cccnc5)no4)c(N[C@H](CO)c4ccccc4)n3)ccc21. The molecule has 14 heteroatoms. The number of hydrogen-bond acceptors (Lipinski definition) is 11. The molecule has 5 heterocycles. The summed E-state index contributed by atoms with van der Waals surface area (Å²) in [5.74, 6) is -0.317. The van der Waals surface area contributed by atoms with Crippen LogP contribution in [0, 0.1) is 0 Å². The number of alkyl halides is 2. The molecule has 12 nitrogen and oxygen atoms in total. The first-order valence-electron chi connectivity index (χ1n) is 11.9. The average Bonchev–Trinajstić information content (AvgIpc) is 3.55. The van der Waals surface area contributed by atoms with Crippen molar-refractivity contribution in [1.82, 2.24) is 35.4 Å². The number of aliphatic hydroxyl groups is 1. The number of aromatic nitrogens is 6. The molecule has 1 aliphatic heterocycles. The van der Waals surface area contributed by atoms with Crippen molar-refractivity contribution < 1.29 is 23.2 Å². The Morgan fingerprint density at radius 2 is 1.85 bits per heavy atom. The number of aliphatic hydroxyl groups excluding tert-OH is 1. The van der Waals surface area contributed by atoms with Gasteiger partial charge in [-0.25, -0.2) is 9.97 Å². The Hall–Kier alpha value is -5.37. The van der Waals surface area contributed by atoms with Gasteiger partial charge in [-0.3, -0.25) is 15.1 Å². The Morgan fingerprint density at radius 1 is 1.00 bits per heavy atom. The van der Waals surface area contributed by atoms with Gasteiger partial charge in [-0.2, -0.15) is 18.7 Å². The first-order chi connectivity index (χ1) is 19.4. The van der Waals surface area contributed by atoms with Gasteiger partial charge in [-0.15, -0.1) is 0 Å². The number of hydrogen-bond donors (Lipinski definition) is 4. The normalized spacial score (nSPS) is 14.3. The minimum atomic E-state index is -3.60. The first-order valence-corrected chi connectivity index (χ1v) is 11.9. The van der Waals surface area contributed by atoms with Crippen LogP contribution >= 0.6 is 0 Å². The molecule has 6 rings (SSSR count). The molecule has 0 spiro atoms. The maximum Gasteiger partial charge on any atom is 0.370 e. The molecule has 4 aromatic heterocycles. The van der Waals surface area contributed by atoms with Crippen LogP contribution in [-0.4, -0.2) is 47.7 Å². The third-order valence-corrected chi connectivity index (χ3v) is 6.01. The summed E-state index contributed by atoms with van der Waals surface area (Å²) < 4.78 is 33.8. The van der Waals surface area contributed by atoms with E-state index in [1.807, 2.05) is 30.3 Å². The monoisotopic (exact) mass is 543 g/mol. The lowest BCUT2D eigenvalue weighted by molar-refractivity contribution is -0.0278. The van der Waals surface area contributed by atoms with Crippen molar-refractivity contribution in [3.63, 3.8) is 0 Å². The zero-order valence-corrected chi connectivity index (χ0v) is 20.4. The summed E-state index contributed by atoms with van der Waals surface area (Å²) in [7, 11) is 0. The number of anilines is 3. The molecule has 0 fully saturated rings. The predicted molar refractivity (Wildman–Crippen MR) is 137 cm³/mol. The summed E-state index contributed by atoms with van der Waals surface area (Å²) in [6.07, 6.45) is 4.62. The second-order valence-electron chi connectivity index (χ2n) is 8.66. The van der Waals surface area contributed by atoms with E-state index in [4.69, 9.17) is 4.52 Å². The fraction of sp³-hybridized carbons (Fsp3) is 0.115. The van der Waals surface area contributed by atoms with Crippen LogP contribution in [-0.2, 0) is 6.05 Å². The molecule has 1 amide bonds. The van der Waals surface area contributed by atoms with Gasteiger partial charge in [0.1, 0.15) is 22.9 Å². The summed E-state index contributed by atoms with van der Waals surface area (Å²) in [5, 5.41) is 21.7. The number of amides is 1. The van der Waals surface area contributed by atoms with Crippen molar-refractivity contribution in [2.75, 3.05) is 17.2 Å². The van der Waals surface area contributed by atoms with Crippen LogP contribution in [0.15, 0.2) is 77.7 Å². The van der Waals surface area contributed by atoms with E-state index in [0.717, 1.165) is 5.56 Å². The van der Waals surface area contributed by atoms with Gasteiger partial charge in [0.2, 0.25) is 11.8 Å². The third kappa shape index (κ3) is 4.78. The summed E-state index contributed by atoms with van der Waals surface area (Å²) in [5.41, 5.74) is 0.826. The van der Waals surface area contributed by atoms with Crippen molar-refractivity contribution in [2.24, 2.45) is 0 Å². The molecule has 0 unspecified atom stereocenters. The van der Waals surface area contributed by atoms with E-state index in [1.165, 1.54) is 18.3 Å². The minimum absolute atomic E-state index is 0.00366. The Bertz CT molecular complexity index is 1680. The maximum absolute atomic E-state index is 14.2. The lowest BCUT2D eigenvalue weighted by atomic mass is 10.1. The quantitative estimate of drug-likeness (QED) is 0.211. The fourth-order valence-electron chi connectivity index (χ4n) is 4.07. The van der Waals surface area contributed by atoms with Gasteiger partial charge in [0.25, 0.3) is 11.8 Å². The highest BCUT2D eigenvalue weighted by molar-refractivity contribution is 5.99. The number of pyridine rings is 2. The van der Waals surface area contributed by atoms with Gasteiger partial charge in [0, 0.05) is 24.2 Å². The fourth-order valence-corrected chi connectivity index (χ4v) is 4.07. The summed E-state index contributed by atoms with van der Waals surface area (Å²) in [6.45, 7) is -0.274. The van der Waals surface area contributed by atoms with Gasteiger partial charge in [0.15, 0.2) is 0 Å². The Kier molecular flexibility index (Phi) is 6.28. The van der Waals surface area contributed by atoms with Crippen molar-refractivity contribution in [1.29, 1.82) is 0 Å². The Balaban J connectivity index is 1.36. The lowest BCUT2D eigenvalue weighted by Gasteiger charge is -2.19. The molecule has 0 bridgehead atoms. The van der Waals surface area contributed by atoms with Crippen molar-refractivity contribution >= 4 is 23.5 Å². The average molecular weight is 543 g/mol. The molecule has 1 atom stereocenters. The molecule has 200 valence electrons. The third-order valence-electron chi connectivity index (χ3n) is 6.01. The Morgan fingerprint density at radius 3 is 2.62 bits per heavy atom. The van der Waals surface area contributed by atoms with E-state index in [0.29, 0.717) is 17.0 Å². The number of fused-ring (bicyclic) bond motifs is 1. The van der Waals surface area contributed by atoms with Crippen LogP contribution < -0.4 is 16.0 Å². The number of nitrogens with zero attached hydrogens (tertiary/aromatic N) is 6. The number of carbonyl (C=O) groups excluding carboxylic acids is 1. The molecule has 0 saturated carbocycles. The van der Waals surface area contributed by atoms with Gasteiger partial charge in [-0.1, -0.05) is 35.5 Å². The van der Waals surface area contributed by atoms with Crippen molar-refractivity contribution in [2.45, 2.75) is 12.1 Å². The van der Waals surface area contributed by atoms with Gasteiger partial charge in [0.05, 0.1) is 18.2 Å². The number of halogens is 2. The van der Waals surface area contributed by atoms with Crippen LogP contribution in [0.5, 0.6) is 0 Å². The van der Waals surface area contributed by atoms with E-state index >= 15 is 0 Å². The highest BCUT2D eigenvalue weighted by Gasteiger charge is 2.45. The van der Waals surface area contributed by atoms with Gasteiger partial charge >= 0.3 is 6.05 Å². The minimum Gasteiger partial charge on any atom is -0.394 e. The molecule has 5 aromatic rings. The molecule has 4 N–H and O–H groups in total. The molecular weight excluding hydrogens is 524 g/mol. The number of carbonyl (C=O) groups is 1. The van der Waals surface area contributed by atoms with E-state index in [1.54, 1.807) is 29.8 Å². The smallest absolute Gasteiger partial charge is 0.370 e. The number of rotatable bonds is 8. The molecule has 1 aromatic carbocycles. The van der Waals surface area contributed by atoms with Crippen LogP contribution in [0.25, 0.3) is 22.8 Å². The van der Waals surface area contributed by atoms with E-state index < -0.39 is 23.7 Å². The highest BCUT2D eigenvalue weighted by atomic mass is 19.3. The molecule has 0 aliphatic carbocycles. The van der Waals surface area contributed by atoms with Crippen molar-refractivity contribution in [3.8, 4) is 22.8 Å². The van der Waals surface area contributed by atoms with E-state index in [-0.39, 0.29) is 35.6 Å². The first kappa shape index (κ1) is 24.9. The van der Waals surface area contributed by atoms with Crippen LogP contribution in [0.3, 0.4) is 0 Å². The zero-order valence-electron chi connectivity index (χ0n) is 20.4. The Labute approximate surface area is 224 Å². The van der Waals surface area contributed by atoms with Crippen molar-refractivity contribution in [3.05, 3.63) is 90.0 Å². The maximum atomic E-state index is 14.2. The number of nitrogens with one attached hydrogen (secondary N) is 3. The van der Waals surface area contributed by atoms with E-state index in [9.17, 15) is 18.7 Å². The highest BCUT2D eigenvalue weighted by Crippen LogP contribution is 2.34. The van der Waals surface area contributed by atoms with Gasteiger partial charge < -0.3 is 20.3 Å². The molecule has 0 saturated heterocycles. The standard InChI is InChI=1S/C26H19F2N9O3/c27-26(28)20-16(23(39)36-26)8-9-19(32-20)33-25-30-12-17(24-34-21(37-40-24)15-7-4-10-29-11-15)22(35-25)31-18(13-38)14-5-2-1-3-6-14/h1-12,18,38H,13H2,(H,36,39)(H2,30,31,32,33,35)/t18-/m1/s1. The van der Waals surface area contributed by atoms with Crippen LogP contribution in [0.2, 0.25) is 0 Å². The number of benzene rings is 1. The van der Waals surface area contributed by atoms with E-state index in [2.05, 4.69) is 40.7 Å². The van der Waals surface area contributed by atoms with Crippen LogP contribution in [0.1, 0.15) is 27.7 Å². The molecule has 40 heavy (non-hydrogen) atoms. The lowest BCUT2D eigenvalue weighted by Crippen LogP contribution is -2.30. The largest absolute Gasteiger partial charge is 0.394 e. The molecular formula is C26H19F2N9O3. The van der Waals surface area contributed by atoms with Crippen LogP contribution in [0.4, 0.5) is 26.4 Å². The molecule has 0 radical (unpaired) electrons. The second kappa shape index (κ2) is 10.1. The summed E-state index contributed by atoms with van der Waals surface area (Å²) in [4.78, 5) is 32.9. The summed E-state index contributed by atoms with van der Waals surface area (Å²) in [6, 6.07) is 11.1. The zero-order chi connectivity index (χ0) is 27.7.